The average molecular weight is 755 g/mol. The minimum atomic E-state index is -1.02. The van der Waals surface area contributed by atoms with Crippen LogP contribution in [0.25, 0.3) is 0 Å². The quantitative estimate of drug-likeness (QED) is 0.270. The third-order valence-corrected chi connectivity index (χ3v) is 10.6. The number of ketones is 6. The first-order valence-corrected chi connectivity index (χ1v) is 18.1. The number of esters is 2. The fourth-order valence-corrected chi connectivity index (χ4v) is 8.11. The van der Waals surface area contributed by atoms with Crippen molar-refractivity contribution in [2.45, 2.75) is 78.4 Å². The highest BCUT2D eigenvalue weighted by Crippen LogP contribution is 2.47. The fourth-order valence-electron chi connectivity index (χ4n) is 8.11. The van der Waals surface area contributed by atoms with E-state index in [1.807, 2.05) is 27.7 Å². The second kappa shape index (κ2) is 12.5. The maximum absolute atomic E-state index is 14.9. The van der Waals surface area contributed by atoms with Gasteiger partial charge in [-0.05, 0) is 77.6 Å². The van der Waals surface area contributed by atoms with Gasteiger partial charge in [-0.25, -0.2) is 0 Å². The van der Waals surface area contributed by atoms with Crippen LogP contribution in [0.1, 0.15) is 128 Å². The van der Waals surface area contributed by atoms with Crippen LogP contribution in [0.3, 0.4) is 0 Å². The van der Waals surface area contributed by atoms with Crippen molar-refractivity contribution in [1.29, 1.82) is 0 Å². The Hall–Kier alpha value is -6.56. The first kappa shape index (κ1) is 36.4. The number of hydrogen-bond donors (Lipinski definition) is 0. The van der Waals surface area contributed by atoms with Gasteiger partial charge < -0.3 is 18.9 Å². The van der Waals surface area contributed by atoms with E-state index in [4.69, 9.17) is 18.9 Å². The molecule has 3 aromatic carbocycles. The number of benzene rings is 3. The smallest absolute Gasteiger partial charge is 0.308 e. The zero-order valence-corrected chi connectivity index (χ0v) is 31.3. The average Bonchev–Trinajstić information content (AvgIpc) is 3.13. The van der Waals surface area contributed by atoms with E-state index in [0.717, 1.165) is 13.8 Å². The summed E-state index contributed by atoms with van der Waals surface area (Å²) >= 11 is 0. The minimum absolute atomic E-state index is 0.0898. The number of ether oxygens (including phenoxy) is 4. The van der Waals surface area contributed by atoms with E-state index in [0.29, 0.717) is 48.3 Å². The van der Waals surface area contributed by atoms with E-state index in [-0.39, 0.29) is 33.4 Å². The van der Waals surface area contributed by atoms with E-state index in [1.54, 1.807) is 0 Å². The molecule has 0 atom stereocenters. The van der Waals surface area contributed by atoms with Gasteiger partial charge in [0.2, 0.25) is 11.6 Å². The molecule has 0 amide bonds. The summed E-state index contributed by atoms with van der Waals surface area (Å²) in [4.78, 5) is 114. The highest BCUT2D eigenvalue weighted by atomic mass is 16.5. The van der Waals surface area contributed by atoms with Crippen LogP contribution in [0.15, 0.2) is 82.3 Å². The highest BCUT2D eigenvalue weighted by Gasteiger charge is 2.49. The lowest BCUT2D eigenvalue weighted by Gasteiger charge is -2.35. The topological polar surface area (TPSA) is 173 Å². The van der Waals surface area contributed by atoms with Crippen molar-refractivity contribution in [3.8, 4) is 11.5 Å². The molecule has 0 saturated carbocycles. The standard InChI is InChI=1S/C44H34O12/c1-19(45)53-41-33(37(49)25-11-13-27-23(29(25)39(41)51)15-17-43(3,4)55-27)31-32(36(48)22-10-8-7-9-21(22)35(31)47)34-38(50)26-12-14-28-24(16-18-44(5,6)56-28)30(26)40(52)42(34)54-20(2)46/h7-14H,15-18H2,1-6H3. The third kappa shape index (κ3) is 5.50. The Balaban J connectivity index is 1.45. The summed E-state index contributed by atoms with van der Waals surface area (Å²) in [6.45, 7) is 9.49. The van der Waals surface area contributed by atoms with Crippen LogP contribution in [-0.2, 0) is 31.9 Å². The Kier molecular flexibility index (Phi) is 8.12. The SMILES string of the molecule is CC(=O)OC1=C(C2=C(C3=C(OC(C)=O)C(=O)c4c(ccc5c4CCC(C)(C)O5)C3=O)C(=O)c3ccccc3C2=O)C(=O)c2ccc3c(c2C1=O)CCC(C)(C)O3. The molecule has 0 N–H and O–H groups in total. The van der Waals surface area contributed by atoms with Gasteiger partial charge in [0.05, 0.1) is 11.1 Å². The van der Waals surface area contributed by atoms with E-state index >= 15 is 0 Å². The number of fused-ring (bicyclic) bond motifs is 7. The monoisotopic (exact) mass is 754 g/mol. The van der Waals surface area contributed by atoms with Gasteiger partial charge in [-0.3, -0.25) is 38.4 Å². The lowest BCUT2D eigenvalue weighted by atomic mass is 9.71. The summed E-state index contributed by atoms with van der Waals surface area (Å²) in [5, 5.41) is 0. The molecule has 12 nitrogen and oxygen atoms in total. The van der Waals surface area contributed by atoms with Gasteiger partial charge in [0.15, 0.2) is 34.7 Å². The van der Waals surface area contributed by atoms with Crippen molar-refractivity contribution in [2.24, 2.45) is 0 Å². The zero-order chi connectivity index (χ0) is 40.2. The second-order valence-corrected chi connectivity index (χ2v) is 15.5. The molecule has 0 fully saturated rings. The van der Waals surface area contributed by atoms with Crippen LogP contribution in [0.5, 0.6) is 11.5 Å². The Labute approximate surface area is 320 Å². The Bertz CT molecular complexity index is 2410. The number of Topliss-reactive ketones (excluding diaryl/α,β-unsaturated/α-hetero) is 6. The molecule has 56 heavy (non-hydrogen) atoms. The molecule has 0 unspecified atom stereocenters. The molecule has 2 heterocycles. The molecule has 0 radical (unpaired) electrons. The van der Waals surface area contributed by atoms with Crippen molar-refractivity contribution in [1.82, 2.24) is 0 Å². The summed E-state index contributed by atoms with van der Waals surface area (Å²) in [5.74, 6) is -8.79. The highest BCUT2D eigenvalue weighted by molar-refractivity contribution is 6.41. The number of hydrogen-bond acceptors (Lipinski definition) is 12. The van der Waals surface area contributed by atoms with Gasteiger partial charge >= 0.3 is 11.9 Å². The first-order valence-electron chi connectivity index (χ1n) is 18.1. The number of carbonyl (C=O) groups excluding carboxylic acids is 8. The Morgan fingerprint density at radius 3 is 1.21 bits per heavy atom. The molecule has 12 heteroatoms. The fraction of sp³-hybridized carbons (Fsp3) is 0.273. The second-order valence-electron chi connectivity index (χ2n) is 15.5. The van der Waals surface area contributed by atoms with Crippen LogP contribution in [0, 0.1) is 0 Å². The largest absolute Gasteiger partial charge is 0.488 e. The van der Waals surface area contributed by atoms with Crippen LogP contribution in [0.4, 0.5) is 0 Å². The first-order chi connectivity index (χ1) is 26.4. The summed E-state index contributed by atoms with van der Waals surface area (Å²) in [5.41, 5.74) is -4.29. The van der Waals surface area contributed by atoms with Crippen molar-refractivity contribution >= 4 is 46.6 Å². The molecule has 0 aromatic heterocycles. The van der Waals surface area contributed by atoms with Crippen LogP contribution < -0.4 is 9.47 Å². The minimum Gasteiger partial charge on any atom is -0.488 e. The van der Waals surface area contributed by atoms with Gasteiger partial charge in [-0.15, -0.1) is 0 Å². The maximum Gasteiger partial charge on any atom is 0.308 e. The number of allylic oxidation sites excluding steroid dienone is 6. The van der Waals surface area contributed by atoms with E-state index in [2.05, 4.69) is 0 Å². The van der Waals surface area contributed by atoms with E-state index in [9.17, 15) is 38.4 Å². The van der Waals surface area contributed by atoms with Crippen LogP contribution in [-0.4, -0.2) is 57.8 Å². The van der Waals surface area contributed by atoms with E-state index < -0.39 is 91.7 Å². The molecule has 0 spiro atoms. The summed E-state index contributed by atoms with van der Waals surface area (Å²) in [6, 6.07) is 11.4. The molecular weight excluding hydrogens is 720 g/mol. The van der Waals surface area contributed by atoms with E-state index in [1.165, 1.54) is 48.5 Å². The van der Waals surface area contributed by atoms with Gasteiger partial charge in [-0.2, -0.15) is 0 Å². The van der Waals surface area contributed by atoms with Crippen molar-refractivity contribution in [3.63, 3.8) is 0 Å². The zero-order valence-electron chi connectivity index (χ0n) is 31.3. The van der Waals surface area contributed by atoms with Gasteiger partial charge in [0.1, 0.15) is 22.7 Å². The number of rotatable bonds is 4. The Morgan fingerprint density at radius 2 is 0.857 bits per heavy atom. The van der Waals surface area contributed by atoms with Crippen LogP contribution >= 0.6 is 0 Å². The summed E-state index contributed by atoms with van der Waals surface area (Å²) in [7, 11) is 0. The van der Waals surface area contributed by atoms with Crippen molar-refractivity contribution in [2.75, 3.05) is 0 Å². The lowest BCUT2D eigenvalue weighted by Crippen LogP contribution is -2.37. The molecule has 2 aliphatic heterocycles. The molecule has 3 aliphatic carbocycles. The molecule has 0 bridgehead atoms. The van der Waals surface area contributed by atoms with Crippen LogP contribution in [0.2, 0.25) is 0 Å². The molecule has 5 aliphatic rings. The van der Waals surface area contributed by atoms with Crippen molar-refractivity contribution < 1.29 is 57.3 Å². The van der Waals surface area contributed by atoms with Gasteiger partial charge in [0.25, 0.3) is 0 Å². The summed E-state index contributed by atoms with van der Waals surface area (Å²) in [6.07, 6.45) is 1.61. The normalized spacial score (nSPS) is 19.3. The Morgan fingerprint density at radius 1 is 0.500 bits per heavy atom. The molecule has 8 rings (SSSR count). The third-order valence-electron chi connectivity index (χ3n) is 10.6. The molecule has 3 aromatic rings. The lowest BCUT2D eigenvalue weighted by molar-refractivity contribution is -0.137. The predicted octanol–water partition coefficient (Wildman–Crippen LogP) is 6.36. The van der Waals surface area contributed by atoms with Gasteiger partial charge in [-0.1, -0.05) is 24.3 Å². The molecule has 0 saturated heterocycles. The van der Waals surface area contributed by atoms with Gasteiger partial charge in [0, 0.05) is 69.5 Å². The maximum atomic E-state index is 14.9. The molecular formula is C44H34O12. The number of carbonyl (C=O) groups is 8. The van der Waals surface area contributed by atoms with Crippen molar-refractivity contribution in [3.05, 3.63) is 127 Å². The predicted molar refractivity (Wildman–Crippen MR) is 196 cm³/mol. The summed E-state index contributed by atoms with van der Waals surface area (Å²) < 4.78 is 23.2. The molecule has 282 valence electrons.